The normalized spacial score (nSPS) is 13.4. The summed E-state index contributed by atoms with van der Waals surface area (Å²) in [6.07, 6.45) is 3.56. The molecule has 0 amide bonds. The molecule has 0 saturated carbocycles. The first-order valence-corrected chi connectivity index (χ1v) is 11.9. The minimum absolute atomic E-state index is 0.104. The van der Waals surface area contributed by atoms with Gasteiger partial charge >= 0.3 is 5.97 Å². The van der Waals surface area contributed by atoms with Crippen LogP contribution in [0.15, 0.2) is 0 Å². The van der Waals surface area contributed by atoms with Crippen LogP contribution in [0, 0.1) is 23.3 Å². The third-order valence-electron chi connectivity index (χ3n) is 5.52. The first kappa shape index (κ1) is 23.2. The van der Waals surface area contributed by atoms with Crippen molar-refractivity contribution in [1.29, 1.82) is 0 Å². The predicted octanol–water partition coefficient (Wildman–Crippen LogP) is 6.21. The van der Waals surface area contributed by atoms with E-state index in [1.807, 2.05) is 0 Å². The smallest absolute Gasteiger partial charge is 0.305 e. The fourth-order valence-electron chi connectivity index (χ4n) is 3.96. The molecule has 0 saturated heterocycles. The first-order chi connectivity index (χ1) is 11.1. The molecule has 0 aliphatic rings. The van der Waals surface area contributed by atoms with Crippen molar-refractivity contribution in [1.82, 2.24) is 0 Å². The van der Waals surface area contributed by atoms with Gasteiger partial charge in [-0.3, -0.25) is 4.79 Å². The second kappa shape index (κ2) is 11.0. The number of carbonyl (C=O) groups is 1. The molecule has 1 unspecified atom stereocenters. The number of rotatable bonds is 9. The van der Waals surface area contributed by atoms with E-state index in [4.69, 9.17) is 4.74 Å². The lowest BCUT2D eigenvalue weighted by molar-refractivity contribution is -0.140. The number of hydrogen-bond acceptors (Lipinski definition) is 2. The summed E-state index contributed by atoms with van der Waals surface area (Å²) in [6, 6.07) is 0. The summed E-state index contributed by atoms with van der Waals surface area (Å²) in [5.74, 6) is 4.60. The minimum atomic E-state index is -1.64. The number of methoxy groups -OCH3 is 1. The molecule has 0 N–H and O–H groups in total. The van der Waals surface area contributed by atoms with Gasteiger partial charge in [-0.1, -0.05) is 61.8 Å². The van der Waals surface area contributed by atoms with E-state index < -0.39 is 8.07 Å². The molecular formula is C21H40O2Si. The van der Waals surface area contributed by atoms with E-state index in [2.05, 4.69) is 66.9 Å². The third kappa shape index (κ3) is 6.63. The number of hydrogen-bond donors (Lipinski definition) is 0. The zero-order valence-corrected chi connectivity index (χ0v) is 18.5. The molecule has 0 radical (unpaired) electrons. The Morgan fingerprint density at radius 3 is 1.79 bits per heavy atom. The van der Waals surface area contributed by atoms with Gasteiger partial charge in [0.25, 0.3) is 0 Å². The molecule has 1 atom stereocenters. The number of esters is 1. The molecule has 0 aliphatic heterocycles. The fraction of sp³-hybridized carbons (Fsp3) is 0.857. The van der Waals surface area contributed by atoms with E-state index in [-0.39, 0.29) is 5.97 Å². The summed E-state index contributed by atoms with van der Waals surface area (Å²) in [6.45, 7) is 18.7. The Kier molecular flexibility index (Phi) is 10.6. The molecule has 2 nitrogen and oxygen atoms in total. The van der Waals surface area contributed by atoms with Crippen LogP contribution in [-0.4, -0.2) is 21.2 Å². The Morgan fingerprint density at radius 1 is 0.917 bits per heavy atom. The van der Waals surface area contributed by atoms with Gasteiger partial charge in [0.05, 0.1) is 7.11 Å². The highest BCUT2D eigenvalue weighted by Crippen LogP contribution is 2.41. The Morgan fingerprint density at radius 2 is 1.42 bits per heavy atom. The van der Waals surface area contributed by atoms with Gasteiger partial charge in [-0.15, -0.1) is 11.5 Å². The highest BCUT2D eigenvalue weighted by molar-refractivity contribution is 6.90. The van der Waals surface area contributed by atoms with Gasteiger partial charge in [0, 0.05) is 12.3 Å². The van der Waals surface area contributed by atoms with Gasteiger partial charge in [0.1, 0.15) is 8.07 Å². The molecular weight excluding hydrogens is 312 g/mol. The Hall–Kier alpha value is -0.753. The van der Waals surface area contributed by atoms with Crippen LogP contribution in [0.1, 0.15) is 81.1 Å². The van der Waals surface area contributed by atoms with Crippen LogP contribution >= 0.6 is 0 Å². The van der Waals surface area contributed by atoms with Crippen LogP contribution in [0.5, 0.6) is 0 Å². The highest BCUT2D eigenvalue weighted by Gasteiger charge is 2.41. The van der Waals surface area contributed by atoms with E-state index in [0.29, 0.717) is 34.9 Å². The predicted molar refractivity (Wildman–Crippen MR) is 108 cm³/mol. The minimum Gasteiger partial charge on any atom is -0.469 e. The van der Waals surface area contributed by atoms with Crippen molar-refractivity contribution in [2.45, 2.75) is 97.7 Å². The second-order valence-corrected chi connectivity index (χ2v) is 13.9. The number of unbranched alkanes of at least 4 members (excludes halogenated alkanes) is 1. The Balaban J connectivity index is 5.10. The molecule has 0 aliphatic carbocycles. The van der Waals surface area contributed by atoms with Crippen molar-refractivity contribution >= 4 is 14.0 Å². The average molecular weight is 353 g/mol. The van der Waals surface area contributed by atoms with Crippen molar-refractivity contribution < 1.29 is 9.53 Å². The van der Waals surface area contributed by atoms with Crippen LogP contribution in [0.4, 0.5) is 0 Å². The quantitative estimate of drug-likeness (QED) is 0.213. The second-order valence-electron chi connectivity index (χ2n) is 8.34. The molecule has 0 aromatic carbocycles. The summed E-state index contributed by atoms with van der Waals surface area (Å²) >= 11 is 0. The molecule has 0 spiro atoms. The van der Waals surface area contributed by atoms with Crippen LogP contribution < -0.4 is 0 Å². The Labute approximate surface area is 152 Å². The Bertz CT molecular complexity index is 405. The van der Waals surface area contributed by atoms with Crippen molar-refractivity contribution in [3.8, 4) is 11.5 Å². The lowest BCUT2D eigenvalue weighted by Gasteiger charge is -2.38. The van der Waals surface area contributed by atoms with Crippen LogP contribution in [0.2, 0.25) is 16.6 Å². The summed E-state index contributed by atoms with van der Waals surface area (Å²) in [5.41, 5.74) is 5.90. The third-order valence-corrected chi connectivity index (χ3v) is 11.8. The zero-order valence-electron chi connectivity index (χ0n) is 17.5. The van der Waals surface area contributed by atoms with Crippen molar-refractivity contribution in [3.05, 3.63) is 0 Å². The first-order valence-electron chi connectivity index (χ1n) is 9.69. The zero-order chi connectivity index (χ0) is 18.9. The van der Waals surface area contributed by atoms with Gasteiger partial charge in [-0.25, -0.2) is 0 Å². The molecule has 0 bridgehead atoms. The van der Waals surface area contributed by atoms with E-state index in [1.165, 1.54) is 7.11 Å². The standard InChI is InChI=1S/C21H40O2Si/c1-16(2)20(12-10-11-13-21(22)23-9)14-15-24(17(3)4,18(5)6)19(7)8/h16-20H,10-13H2,1-9H3. The van der Waals surface area contributed by atoms with E-state index in [9.17, 15) is 4.79 Å². The van der Waals surface area contributed by atoms with Gasteiger partial charge in [0.2, 0.25) is 0 Å². The van der Waals surface area contributed by atoms with E-state index in [1.54, 1.807) is 0 Å². The molecule has 0 heterocycles. The van der Waals surface area contributed by atoms with Gasteiger partial charge in [0.15, 0.2) is 0 Å². The van der Waals surface area contributed by atoms with Crippen LogP contribution in [0.25, 0.3) is 0 Å². The monoisotopic (exact) mass is 352 g/mol. The number of carbonyl (C=O) groups excluding carboxylic acids is 1. The van der Waals surface area contributed by atoms with E-state index >= 15 is 0 Å². The SMILES string of the molecule is COC(=O)CCCCC(C#C[Si](C(C)C)(C(C)C)C(C)C)C(C)C. The van der Waals surface area contributed by atoms with Crippen molar-refractivity contribution in [2.75, 3.05) is 7.11 Å². The van der Waals surface area contributed by atoms with E-state index in [0.717, 1.165) is 19.3 Å². The van der Waals surface area contributed by atoms with Crippen molar-refractivity contribution in [3.63, 3.8) is 0 Å². The van der Waals surface area contributed by atoms with Crippen LogP contribution in [-0.2, 0) is 9.53 Å². The van der Waals surface area contributed by atoms with Crippen molar-refractivity contribution in [2.24, 2.45) is 11.8 Å². The van der Waals surface area contributed by atoms with Gasteiger partial charge in [-0.2, -0.15) is 0 Å². The largest absolute Gasteiger partial charge is 0.469 e. The lowest BCUT2D eigenvalue weighted by atomic mass is 9.91. The lowest BCUT2D eigenvalue weighted by Crippen LogP contribution is -2.43. The maximum Gasteiger partial charge on any atom is 0.305 e. The molecule has 0 aromatic heterocycles. The van der Waals surface area contributed by atoms with Gasteiger partial charge in [-0.05, 0) is 35.4 Å². The molecule has 24 heavy (non-hydrogen) atoms. The number of ether oxygens (including phenoxy) is 1. The molecule has 0 rings (SSSR count). The van der Waals surface area contributed by atoms with Gasteiger partial charge < -0.3 is 4.74 Å². The maximum atomic E-state index is 11.2. The summed E-state index contributed by atoms with van der Waals surface area (Å²) in [7, 11) is -0.186. The summed E-state index contributed by atoms with van der Waals surface area (Å²) in [5, 5.41) is 0. The molecule has 0 fully saturated rings. The maximum absolute atomic E-state index is 11.2. The topological polar surface area (TPSA) is 26.3 Å². The summed E-state index contributed by atoms with van der Waals surface area (Å²) in [4.78, 5) is 11.2. The highest BCUT2D eigenvalue weighted by atomic mass is 28.3. The molecule has 140 valence electrons. The fourth-order valence-corrected chi connectivity index (χ4v) is 9.26. The average Bonchev–Trinajstić information content (AvgIpc) is 2.47. The molecule has 3 heteroatoms. The van der Waals surface area contributed by atoms with Crippen LogP contribution in [0.3, 0.4) is 0 Å². The summed E-state index contributed by atoms with van der Waals surface area (Å²) < 4.78 is 4.71. The molecule has 0 aromatic rings.